The lowest BCUT2D eigenvalue weighted by atomic mass is 9.87. The minimum atomic E-state index is -0.597. The number of hydrogen-bond donors (Lipinski definition) is 3. The second-order valence-electron chi connectivity index (χ2n) is 6.56. The van der Waals surface area contributed by atoms with Gasteiger partial charge in [-0.3, -0.25) is 9.59 Å². The minimum absolute atomic E-state index is 0. The van der Waals surface area contributed by atoms with Crippen molar-refractivity contribution in [3.63, 3.8) is 0 Å². The van der Waals surface area contributed by atoms with Crippen molar-refractivity contribution >= 4 is 24.2 Å². The van der Waals surface area contributed by atoms with Gasteiger partial charge in [-0.2, -0.15) is 0 Å². The van der Waals surface area contributed by atoms with Gasteiger partial charge < -0.3 is 21.1 Å². The molecule has 7 heteroatoms. The minimum Gasteiger partial charge on any atom is -0.497 e. The second kappa shape index (κ2) is 9.63. The van der Waals surface area contributed by atoms with Crippen molar-refractivity contribution in [1.82, 2.24) is 10.6 Å². The van der Waals surface area contributed by atoms with E-state index in [9.17, 15) is 9.59 Å². The molecule has 0 fully saturated rings. The third kappa shape index (κ3) is 5.61. The van der Waals surface area contributed by atoms with Crippen molar-refractivity contribution in [1.29, 1.82) is 0 Å². The van der Waals surface area contributed by atoms with Gasteiger partial charge in [0.2, 0.25) is 11.8 Å². The number of fused-ring (bicyclic) bond motifs is 1. The summed E-state index contributed by atoms with van der Waals surface area (Å²) in [6, 6.07) is 5.32. The molecule has 1 aliphatic rings. The number of carbonyl (C=O) groups excluding carboxylic acids is 2. The highest BCUT2D eigenvalue weighted by Crippen LogP contribution is 2.32. The SMILES string of the molecule is COc1ccc2c(c1)CCCC2NC(=O)CNC(=O)[C@@H](N)C(C)C.Cl. The Morgan fingerprint density at radius 3 is 2.72 bits per heavy atom. The van der Waals surface area contributed by atoms with Crippen LogP contribution in [0.15, 0.2) is 18.2 Å². The van der Waals surface area contributed by atoms with Gasteiger partial charge in [0.05, 0.1) is 25.7 Å². The summed E-state index contributed by atoms with van der Waals surface area (Å²) in [7, 11) is 1.65. The topological polar surface area (TPSA) is 93.5 Å². The Morgan fingerprint density at radius 2 is 2.08 bits per heavy atom. The third-order valence-electron chi connectivity index (χ3n) is 4.44. The number of benzene rings is 1. The van der Waals surface area contributed by atoms with Crippen LogP contribution in [-0.2, 0) is 16.0 Å². The Morgan fingerprint density at radius 1 is 1.36 bits per heavy atom. The summed E-state index contributed by atoms with van der Waals surface area (Å²) in [5, 5.41) is 5.60. The number of rotatable bonds is 6. The van der Waals surface area contributed by atoms with Crippen LogP contribution in [0.2, 0.25) is 0 Å². The van der Waals surface area contributed by atoms with Gasteiger partial charge in [-0.15, -0.1) is 12.4 Å². The first-order valence-corrected chi connectivity index (χ1v) is 8.41. The fourth-order valence-electron chi connectivity index (χ4n) is 2.90. The number of aryl methyl sites for hydroxylation is 1. The molecule has 0 heterocycles. The van der Waals surface area contributed by atoms with Crippen molar-refractivity contribution in [2.24, 2.45) is 11.7 Å². The van der Waals surface area contributed by atoms with E-state index in [0.717, 1.165) is 30.6 Å². The highest BCUT2D eigenvalue weighted by Gasteiger charge is 2.23. The zero-order chi connectivity index (χ0) is 17.7. The van der Waals surface area contributed by atoms with Crippen molar-refractivity contribution in [2.75, 3.05) is 13.7 Å². The van der Waals surface area contributed by atoms with E-state index in [0.29, 0.717) is 0 Å². The first kappa shape index (κ1) is 21.3. The number of carbonyl (C=O) groups is 2. The van der Waals surface area contributed by atoms with E-state index in [4.69, 9.17) is 10.5 Å². The number of hydrogen-bond acceptors (Lipinski definition) is 4. The van der Waals surface area contributed by atoms with E-state index in [1.165, 1.54) is 5.56 Å². The van der Waals surface area contributed by atoms with Gasteiger partial charge in [0.1, 0.15) is 5.75 Å². The van der Waals surface area contributed by atoms with Gasteiger partial charge in [-0.1, -0.05) is 19.9 Å². The summed E-state index contributed by atoms with van der Waals surface area (Å²) < 4.78 is 5.26. The average Bonchev–Trinajstić information content (AvgIpc) is 2.58. The lowest BCUT2D eigenvalue weighted by Crippen LogP contribution is -2.47. The first-order chi connectivity index (χ1) is 11.4. The smallest absolute Gasteiger partial charge is 0.239 e. The maximum atomic E-state index is 12.1. The van der Waals surface area contributed by atoms with E-state index in [1.54, 1.807) is 7.11 Å². The molecule has 2 rings (SSSR count). The lowest BCUT2D eigenvalue weighted by Gasteiger charge is -2.27. The van der Waals surface area contributed by atoms with E-state index in [1.807, 2.05) is 32.0 Å². The van der Waals surface area contributed by atoms with E-state index < -0.39 is 6.04 Å². The summed E-state index contributed by atoms with van der Waals surface area (Å²) in [4.78, 5) is 24.0. The quantitative estimate of drug-likeness (QED) is 0.711. The van der Waals surface area contributed by atoms with Crippen LogP contribution in [0.3, 0.4) is 0 Å². The number of ether oxygens (including phenoxy) is 1. The summed E-state index contributed by atoms with van der Waals surface area (Å²) in [5.41, 5.74) is 8.10. The monoisotopic (exact) mass is 369 g/mol. The molecule has 1 aliphatic carbocycles. The van der Waals surface area contributed by atoms with Crippen molar-refractivity contribution in [3.05, 3.63) is 29.3 Å². The Labute approximate surface area is 155 Å². The molecule has 0 saturated carbocycles. The number of halogens is 1. The van der Waals surface area contributed by atoms with Gasteiger partial charge in [0.15, 0.2) is 0 Å². The molecule has 0 aliphatic heterocycles. The Hall–Kier alpha value is -1.79. The Balaban J connectivity index is 0.00000312. The molecule has 2 atom stereocenters. The molecule has 4 N–H and O–H groups in total. The number of nitrogens with two attached hydrogens (primary N) is 1. The molecule has 25 heavy (non-hydrogen) atoms. The molecule has 0 aromatic heterocycles. The molecule has 1 aromatic rings. The Bertz CT molecular complexity index is 607. The molecule has 2 amide bonds. The van der Waals surface area contributed by atoms with Crippen LogP contribution in [-0.4, -0.2) is 31.5 Å². The summed E-state index contributed by atoms with van der Waals surface area (Å²) in [6.07, 6.45) is 2.89. The molecule has 1 aromatic carbocycles. The predicted octanol–water partition coefficient (Wildman–Crippen LogP) is 1.71. The predicted molar refractivity (Wildman–Crippen MR) is 99.9 cm³/mol. The number of methoxy groups -OCH3 is 1. The van der Waals surface area contributed by atoms with Gasteiger partial charge in [0, 0.05) is 0 Å². The van der Waals surface area contributed by atoms with Gasteiger partial charge in [-0.05, 0) is 48.4 Å². The van der Waals surface area contributed by atoms with E-state index in [-0.39, 0.29) is 42.7 Å². The van der Waals surface area contributed by atoms with E-state index >= 15 is 0 Å². The van der Waals surface area contributed by atoms with Crippen LogP contribution in [0.5, 0.6) is 5.75 Å². The second-order valence-corrected chi connectivity index (χ2v) is 6.56. The van der Waals surface area contributed by atoms with Gasteiger partial charge >= 0.3 is 0 Å². The van der Waals surface area contributed by atoms with Crippen LogP contribution in [0, 0.1) is 5.92 Å². The lowest BCUT2D eigenvalue weighted by molar-refractivity contribution is -0.127. The van der Waals surface area contributed by atoms with Crippen LogP contribution in [0.4, 0.5) is 0 Å². The molecule has 0 bridgehead atoms. The molecule has 140 valence electrons. The summed E-state index contributed by atoms with van der Waals surface area (Å²) >= 11 is 0. The maximum Gasteiger partial charge on any atom is 0.239 e. The largest absolute Gasteiger partial charge is 0.497 e. The van der Waals surface area contributed by atoms with E-state index in [2.05, 4.69) is 10.6 Å². The highest BCUT2D eigenvalue weighted by molar-refractivity contribution is 5.87. The first-order valence-electron chi connectivity index (χ1n) is 8.41. The molecule has 0 saturated heterocycles. The van der Waals surface area contributed by atoms with Crippen LogP contribution in [0.1, 0.15) is 43.9 Å². The molecule has 1 unspecified atom stereocenters. The molecule has 0 radical (unpaired) electrons. The maximum absolute atomic E-state index is 12.1. The zero-order valence-electron chi connectivity index (χ0n) is 15.0. The molecular formula is C18H28ClN3O3. The highest BCUT2D eigenvalue weighted by atomic mass is 35.5. The van der Waals surface area contributed by atoms with Gasteiger partial charge in [-0.25, -0.2) is 0 Å². The zero-order valence-corrected chi connectivity index (χ0v) is 15.8. The van der Waals surface area contributed by atoms with Crippen molar-refractivity contribution in [3.8, 4) is 5.75 Å². The standard InChI is InChI=1S/C18H27N3O3.ClH/c1-11(2)17(19)18(23)20-10-16(22)21-15-6-4-5-12-9-13(24-3)7-8-14(12)15;/h7-9,11,15,17H,4-6,10,19H2,1-3H3,(H,20,23)(H,21,22);1H/t15?,17-;/m0./s1. The molecular weight excluding hydrogens is 342 g/mol. The van der Waals surface area contributed by atoms with Crippen LogP contribution in [0.25, 0.3) is 0 Å². The Kier molecular flexibility index (Phi) is 8.19. The normalized spacial score (nSPS) is 17.1. The van der Waals surface area contributed by atoms with Gasteiger partial charge in [0.25, 0.3) is 0 Å². The molecule has 6 nitrogen and oxygen atoms in total. The summed E-state index contributed by atoms with van der Waals surface area (Å²) in [5.74, 6) is 0.367. The average molecular weight is 370 g/mol. The summed E-state index contributed by atoms with van der Waals surface area (Å²) in [6.45, 7) is 3.69. The fourth-order valence-corrected chi connectivity index (χ4v) is 2.90. The number of nitrogens with one attached hydrogen (secondary N) is 2. The van der Waals surface area contributed by atoms with Crippen molar-refractivity contribution < 1.29 is 14.3 Å². The van der Waals surface area contributed by atoms with Crippen LogP contribution >= 0.6 is 12.4 Å². The number of amides is 2. The fraction of sp³-hybridized carbons (Fsp3) is 0.556. The third-order valence-corrected chi connectivity index (χ3v) is 4.44. The van der Waals surface area contributed by atoms with Crippen molar-refractivity contribution in [2.45, 2.75) is 45.2 Å². The van der Waals surface area contributed by atoms with Crippen LogP contribution < -0.4 is 21.1 Å². The molecule has 0 spiro atoms.